The molecule has 37 heavy (non-hydrogen) atoms. The Hall–Kier alpha value is -3.96. The highest BCUT2D eigenvalue weighted by Gasteiger charge is 2.30. The number of carbonyl (C=O) groups is 2. The molecule has 2 amide bonds. The lowest BCUT2D eigenvalue weighted by Gasteiger charge is -2.28. The van der Waals surface area contributed by atoms with Crippen molar-refractivity contribution >= 4 is 17.6 Å². The molecule has 0 bridgehead atoms. The largest absolute Gasteiger partial charge is 0.365 e. The number of hydrogen-bond donors (Lipinski definition) is 4. The number of aromatic amines is 1. The average Bonchev–Trinajstić information content (AvgIpc) is 3.68. The third kappa shape index (κ3) is 7.51. The standard InChI is InChI=1S/C21H24N2.C8H10N4O2/c22-15-14-17-10-12-20(13-11-17)23-16-19-8-4-5-9-21(19)18-6-2-1-3-7-18;9-6(13)5-3-10-12-7(5)11-8(14)4-1-2-4/h1-9,17,20,23H,10-14,16H2;3-4H,1-2H2,(H2,9,13)(H2,10,11,12,14). The normalized spacial score (nSPS) is 18.7. The molecule has 2 aromatic carbocycles. The minimum atomic E-state index is -0.607. The van der Waals surface area contributed by atoms with Crippen LogP contribution in [-0.2, 0) is 11.3 Å². The first-order valence-electron chi connectivity index (χ1n) is 12.9. The molecule has 5 rings (SSSR count). The second kappa shape index (κ2) is 12.8. The minimum Gasteiger partial charge on any atom is -0.365 e. The first-order chi connectivity index (χ1) is 18.0. The van der Waals surface area contributed by atoms with E-state index in [2.05, 4.69) is 81.5 Å². The Kier molecular flexibility index (Phi) is 9.06. The molecule has 3 aromatic rings. The van der Waals surface area contributed by atoms with Crippen molar-refractivity contribution in [3.63, 3.8) is 0 Å². The molecule has 1 heterocycles. The van der Waals surface area contributed by atoms with Gasteiger partial charge in [-0.25, -0.2) is 0 Å². The Morgan fingerprint density at radius 3 is 2.38 bits per heavy atom. The summed E-state index contributed by atoms with van der Waals surface area (Å²) in [4.78, 5) is 22.2. The maximum absolute atomic E-state index is 11.3. The number of anilines is 1. The highest BCUT2D eigenvalue weighted by atomic mass is 16.2. The van der Waals surface area contributed by atoms with E-state index in [-0.39, 0.29) is 23.2 Å². The van der Waals surface area contributed by atoms with E-state index in [4.69, 9.17) is 11.0 Å². The summed E-state index contributed by atoms with van der Waals surface area (Å²) in [5, 5.41) is 21.3. The van der Waals surface area contributed by atoms with Gasteiger partial charge in [0.25, 0.3) is 5.91 Å². The summed E-state index contributed by atoms with van der Waals surface area (Å²) in [5.41, 5.74) is 9.24. The van der Waals surface area contributed by atoms with E-state index in [0.717, 1.165) is 25.8 Å². The molecule has 5 N–H and O–H groups in total. The van der Waals surface area contributed by atoms with Crippen LogP contribution < -0.4 is 16.4 Å². The quantitative estimate of drug-likeness (QED) is 0.354. The van der Waals surface area contributed by atoms with E-state index in [9.17, 15) is 9.59 Å². The van der Waals surface area contributed by atoms with E-state index in [1.165, 1.54) is 48.6 Å². The van der Waals surface area contributed by atoms with Crippen molar-refractivity contribution in [2.24, 2.45) is 17.6 Å². The van der Waals surface area contributed by atoms with Gasteiger partial charge in [0.05, 0.1) is 12.3 Å². The topological polar surface area (TPSA) is 137 Å². The molecule has 0 unspecified atom stereocenters. The fourth-order valence-corrected chi connectivity index (χ4v) is 4.67. The van der Waals surface area contributed by atoms with Gasteiger partial charge in [-0.3, -0.25) is 14.7 Å². The van der Waals surface area contributed by atoms with Crippen LogP contribution in [0.25, 0.3) is 11.1 Å². The van der Waals surface area contributed by atoms with Crippen LogP contribution in [-0.4, -0.2) is 28.1 Å². The third-order valence-corrected chi connectivity index (χ3v) is 7.01. The van der Waals surface area contributed by atoms with Gasteiger partial charge in [0, 0.05) is 24.9 Å². The van der Waals surface area contributed by atoms with Crippen LogP contribution in [0.2, 0.25) is 0 Å². The molecule has 2 aliphatic rings. The van der Waals surface area contributed by atoms with Gasteiger partial charge >= 0.3 is 0 Å². The van der Waals surface area contributed by atoms with E-state index < -0.39 is 5.91 Å². The number of benzene rings is 2. The van der Waals surface area contributed by atoms with Gasteiger partial charge in [-0.05, 0) is 61.1 Å². The molecule has 1 aromatic heterocycles. The Balaban J connectivity index is 0.000000195. The zero-order chi connectivity index (χ0) is 26.0. The minimum absolute atomic E-state index is 0.0824. The van der Waals surface area contributed by atoms with Crippen molar-refractivity contribution in [1.82, 2.24) is 15.5 Å². The number of nitrogens with zero attached hydrogens (tertiary/aromatic N) is 2. The number of aromatic nitrogens is 2. The Bertz CT molecular complexity index is 1220. The number of nitriles is 1. The van der Waals surface area contributed by atoms with Crippen LogP contribution in [0.4, 0.5) is 5.82 Å². The van der Waals surface area contributed by atoms with Gasteiger partial charge in [-0.1, -0.05) is 54.6 Å². The number of rotatable bonds is 8. The van der Waals surface area contributed by atoms with Gasteiger partial charge in [0.1, 0.15) is 11.4 Å². The van der Waals surface area contributed by atoms with Gasteiger partial charge in [-0.15, -0.1) is 0 Å². The van der Waals surface area contributed by atoms with Crippen molar-refractivity contribution in [3.05, 3.63) is 71.9 Å². The van der Waals surface area contributed by atoms with Crippen LogP contribution >= 0.6 is 0 Å². The summed E-state index contributed by atoms with van der Waals surface area (Å²) < 4.78 is 0. The van der Waals surface area contributed by atoms with E-state index in [0.29, 0.717) is 12.0 Å². The lowest BCUT2D eigenvalue weighted by atomic mass is 9.84. The monoisotopic (exact) mass is 498 g/mol. The number of hydrogen-bond acceptors (Lipinski definition) is 5. The highest BCUT2D eigenvalue weighted by Crippen LogP contribution is 2.30. The Morgan fingerprint density at radius 2 is 1.70 bits per heavy atom. The van der Waals surface area contributed by atoms with Crippen LogP contribution in [0.5, 0.6) is 0 Å². The number of nitrogens with two attached hydrogens (primary N) is 1. The molecule has 2 fully saturated rings. The SMILES string of the molecule is N#CCC1CCC(NCc2ccccc2-c2ccccc2)CC1.NC(=O)c1cn[nH]c1NC(=O)C1CC1. The summed E-state index contributed by atoms with van der Waals surface area (Å²) in [6.45, 7) is 0.915. The molecule has 192 valence electrons. The van der Waals surface area contributed by atoms with Crippen molar-refractivity contribution in [1.29, 1.82) is 5.26 Å². The molecular weight excluding hydrogens is 464 g/mol. The Labute approximate surface area is 217 Å². The molecule has 0 radical (unpaired) electrons. The van der Waals surface area contributed by atoms with Gasteiger partial charge in [0.15, 0.2) is 0 Å². The van der Waals surface area contributed by atoms with Crippen molar-refractivity contribution in [3.8, 4) is 17.2 Å². The molecule has 2 saturated carbocycles. The number of H-pyrrole nitrogens is 1. The molecule has 8 nitrogen and oxygen atoms in total. The van der Waals surface area contributed by atoms with Gasteiger partial charge in [-0.2, -0.15) is 10.4 Å². The molecular formula is C29H34N6O2. The second-order valence-electron chi connectivity index (χ2n) is 9.77. The maximum atomic E-state index is 11.3. The number of carbonyl (C=O) groups excluding carboxylic acids is 2. The zero-order valence-corrected chi connectivity index (χ0v) is 21.0. The third-order valence-electron chi connectivity index (χ3n) is 7.01. The fraction of sp³-hybridized carbons (Fsp3) is 0.379. The van der Waals surface area contributed by atoms with Crippen molar-refractivity contribution in [2.75, 3.05) is 5.32 Å². The lowest BCUT2D eigenvalue weighted by Crippen LogP contribution is -2.32. The lowest BCUT2D eigenvalue weighted by molar-refractivity contribution is -0.117. The summed E-state index contributed by atoms with van der Waals surface area (Å²) in [6.07, 6.45) is 8.60. The van der Waals surface area contributed by atoms with Crippen LogP contribution in [0.15, 0.2) is 60.8 Å². The van der Waals surface area contributed by atoms with E-state index in [1.807, 2.05) is 0 Å². The summed E-state index contributed by atoms with van der Waals surface area (Å²) >= 11 is 0. The molecule has 0 spiro atoms. The second-order valence-corrected chi connectivity index (χ2v) is 9.77. The predicted octanol–water partition coefficient (Wildman–Crippen LogP) is 4.77. The summed E-state index contributed by atoms with van der Waals surface area (Å²) in [6, 6.07) is 22.1. The summed E-state index contributed by atoms with van der Waals surface area (Å²) in [7, 11) is 0. The van der Waals surface area contributed by atoms with E-state index in [1.54, 1.807) is 0 Å². The van der Waals surface area contributed by atoms with Crippen molar-refractivity contribution < 1.29 is 9.59 Å². The smallest absolute Gasteiger partial charge is 0.254 e. The first kappa shape index (κ1) is 26.1. The fourth-order valence-electron chi connectivity index (χ4n) is 4.67. The average molecular weight is 499 g/mol. The van der Waals surface area contributed by atoms with Gasteiger partial charge in [0.2, 0.25) is 5.91 Å². The molecule has 2 aliphatic carbocycles. The number of primary amides is 1. The highest BCUT2D eigenvalue weighted by molar-refractivity contribution is 6.02. The van der Waals surface area contributed by atoms with Crippen LogP contribution in [0.3, 0.4) is 0 Å². The molecule has 0 saturated heterocycles. The van der Waals surface area contributed by atoms with Gasteiger partial charge < -0.3 is 16.4 Å². The molecule has 0 atom stereocenters. The zero-order valence-electron chi connectivity index (χ0n) is 21.0. The molecule has 8 heteroatoms. The number of nitrogens with one attached hydrogen (secondary N) is 3. The first-order valence-corrected chi connectivity index (χ1v) is 12.9. The van der Waals surface area contributed by atoms with Crippen LogP contribution in [0, 0.1) is 23.2 Å². The maximum Gasteiger partial charge on any atom is 0.254 e. The van der Waals surface area contributed by atoms with E-state index >= 15 is 0 Å². The number of amides is 2. The van der Waals surface area contributed by atoms with Crippen LogP contribution in [0.1, 0.15) is 60.9 Å². The summed E-state index contributed by atoms with van der Waals surface area (Å²) in [5.74, 6) is 0.296. The van der Waals surface area contributed by atoms with Crippen molar-refractivity contribution in [2.45, 2.75) is 57.5 Å². The molecule has 0 aliphatic heterocycles. The predicted molar refractivity (Wildman–Crippen MR) is 143 cm³/mol. The Morgan fingerprint density at radius 1 is 1.00 bits per heavy atom.